The van der Waals surface area contributed by atoms with E-state index in [1.807, 2.05) is 30.3 Å². The maximum atomic E-state index is 13.1. The first-order valence-electron chi connectivity index (χ1n) is 10.5. The number of allylic oxidation sites excluding steroid dienone is 1. The minimum Gasteiger partial charge on any atom is -0.489 e. The van der Waals surface area contributed by atoms with E-state index >= 15 is 0 Å². The van der Waals surface area contributed by atoms with E-state index in [9.17, 15) is 19.7 Å². The number of benzene rings is 3. The van der Waals surface area contributed by atoms with Gasteiger partial charge in [0.05, 0.1) is 16.5 Å². The SMILES string of the molecule is CC1=C(C(=O)Nc2cccc([N+](=O)[O-])c2)C(c2ccc(OCc3ccccc3)cc2)NC(=O)N1. The standard InChI is InChI=1S/C25H22N4O5/c1-16-22(24(30)27-19-8-5-9-20(14-19)29(32)33)23(28-25(31)26-16)18-10-12-21(13-11-18)34-15-17-6-3-2-4-7-17/h2-14,23H,15H2,1H3,(H,27,30)(H2,26,28,31). The van der Waals surface area contributed by atoms with Gasteiger partial charge in [-0.1, -0.05) is 48.5 Å². The zero-order valence-electron chi connectivity index (χ0n) is 18.3. The Kier molecular flexibility index (Phi) is 6.54. The molecule has 9 nitrogen and oxygen atoms in total. The summed E-state index contributed by atoms with van der Waals surface area (Å²) in [7, 11) is 0. The maximum absolute atomic E-state index is 13.1. The number of urea groups is 1. The lowest BCUT2D eigenvalue weighted by molar-refractivity contribution is -0.384. The summed E-state index contributed by atoms with van der Waals surface area (Å²) in [4.78, 5) is 35.8. The van der Waals surface area contributed by atoms with Crippen LogP contribution in [0, 0.1) is 10.1 Å². The van der Waals surface area contributed by atoms with Crippen molar-refractivity contribution in [3.63, 3.8) is 0 Å². The molecular weight excluding hydrogens is 436 g/mol. The van der Waals surface area contributed by atoms with E-state index in [1.54, 1.807) is 37.3 Å². The van der Waals surface area contributed by atoms with Gasteiger partial charge in [-0.15, -0.1) is 0 Å². The van der Waals surface area contributed by atoms with Gasteiger partial charge < -0.3 is 20.7 Å². The van der Waals surface area contributed by atoms with Crippen molar-refractivity contribution in [1.29, 1.82) is 0 Å². The molecule has 3 amide bonds. The first kappa shape index (κ1) is 22.5. The molecule has 0 radical (unpaired) electrons. The van der Waals surface area contributed by atoms with Crippen LogP contribution in [0.15, 0.2) is 90.1 Å². The highest BCUT2D eigenvalue weighted by Gasteiger charge is 2.31. The number of ether oxygens (including phenoxy) is 1. The molecule has 0 saturated carbocycles. The fraction of sp³-hybridized carbons (Fsp3) is 0.120. The quantitative estimate of drug-likeness (QED) is 0.357. The number of hydrogen-bond donors (Lipinski definition) is 3. The number of non-ortho nitro benzene ring substituents is 1. The minimum atomic E-state index is -0.712. The number of nitrogens with zero attached hydrogens (tertiary/aromatic N) is 1. The van der Waals surface area contributed by atoms with Crippen molar-refractivity contribution in [3.8, 4) is 5.75 Å². The second-order valence-corrected chi connectivity index (χ2v) is 7.68. The van der Waals surface area contributed by atoms with Gasteiger partial charge >= 0.3 is 6.03 Å². The van der Waals surface area contributed by atoms with Gasteiger partial charge in [-0.3, -0.25) is 14.9 Å². The van der Waals surface area contributed by atoms with E-state index in [-0.39, 0.29) is 11.4 Å². The molecule has 34 heavy (non-hydrogen) atoms. The van der Waals surface area contributed by atoms with E-state index in [4.69, 9.17) is 4.74 Å². The van der Waals surface area contributed by atoms with Crippen molar-refractivity contribution in [2.45, 2.75) is 19.6 Å². The average Bonchev–Trinajstić information content (AvgIpc) is 2.83. The second-order valence-electron chi connectivity index (χ2n) is 7.68. The normalized spacial score (nSPS) is 15.2. The molecule has 3 N–H and O–H groups in total. The predicted octanol–water partition coefficient (Wildman–Crippen LogP) is 4.44. The molecule has 1 aliphatic heterocycles. The van der Waals surface area contributed by atoms with Crippen LogP contribution in [0.1, 0.15) is 24.1 Å². The van der Waals surface area contributed by atoms with Crippen LogP contribution in [-0.4, -0.2) is 16.9 Å². The fourth-order valence-electron chi connectivity index (χ4n) is 3.64. The lowest BCUT2D eigenvalue weighted by Gasteiger charge is -2.28. The van der Waals surface area contributed by atoms with Crippen molar-refractivity contribution >= 4 is 23.3 Å². The molecule has 0 aromatic heterocycles. The van der Waals surface area contributed by atoms with Crippen LogP contribution >= 0.6 is 0 Å². The summed E-state index contributed by atoms with van der Waals surface area (Å²) in [6, 6.07) is 21.4. The van der Waals surface area contributed by atoms with Gasteiger partial charge in [-0.2, -0.15) is 0 Å². The first-order valence-corrected chi connectivity index (χ1v) is 10.5. The van der Waals surface area contributed by atoms with E-state index in [1.165, 1.54) is 18.2 Å². The molecule has 0 saturated heterocycles. The van der Waals surface area contributed by atoms with Crippen LogP contribution in [-0.2, 0) is 11.4 Å². The molecule has 172 valence electrons. The molecule has 1 heterocycles. The average molecular weight is 458 g/mol. The van der Waals surface area contributed by atoms with Crippen LogP contribution < -0.4 is 20.7 Å². The fourth-order valence-corrected chi connectivity index (χ4v) is 3.64. The van der Waals surface area contributed by atoms with Gasteiger partial charge in [0, 0.05) is 23.5 Å². The molecule has 1 atom stereocenters. The maximum Gasteiger partial charge on any atom is 0.319 e. The Balaban J connectivity index is 1.53. The Bertz CT molecular complexity index is 1260. The van der Waals surface area contributed by atoms with Gasteiger partial charge in [-0.05, 0) is 36.2 Å². The molecule has 1 unspecified atom stereocenters. The minimum absolute atomic E-state index is 0.138. The van der Waals surface area contributed by atoms with Gasteiger partial charge in [-0.25, -0.2) is 4.79 Å². The number of nitro groups is 1. The van der Waals surface area contributed by atoms with Gasteiger partial charge in [0.2, 0.25) is 0 Å². The zero-order valence-corrected chi connectivity index (χ0v) is 18.3. The molecule has 0 fully saturated rings. The summed E-state index contributed by atoms with van der Waals surface area (Å²) in [6.45, 7) is 2.05. The third kappa shape index (κ3) is 5.21. The van der Waals surface area contributed by atoms with Crippen molar-refractivity contribution in [1.82, 2.24) is 10.6 Å². The number of amides is 3. The van der Waals surface area contributed by atoms with E-state index < -0.39 is 22.9 Å². The number of nitrogens with one attached hydrogen (secondary N) is 3. The highest BCUT2D eigenvalue weighted by atomic mass is 16.6. The van der Waals surface area contributed by atoms with Gasteiger partial charge in [0.15, 0.2) is 0 Å². The highest BCUT2D eigenvalue weighted by molar-refractivity contribution is 6.06. The topological polar surface area (TPSA) is 123 Å². The molecule has 3 aromatic carbocycles. The van der Waals surface area contributed by atoms with Crippen LogP contribution in [0.2, 0.25) is 0 Å². The number of hydrogen-bond acceptors (Lipinski definition) is 5. The number of nitro benzene ring substituents is 1. The lowest BCUT2D eigenvalue weighted by Crippen LogP contribution is -2.45. The molecule has 4 rings (SSSR count). The van der Waals surface area contributed by atoms with E-state index in [0.717, 1.165) is 5.56 Å². The molecule has 0 aliphatic carbocycles. The molecular formula is C25H22N4O5. The first-order chi connectivity index (χ1) is 16.4. The van der Waals surface area contributed by atoms with Crippen LogP contribution in [0.4, 0.5) is 16.2 Å². The van der Waals surface area contributed by atoms with Crippen molar-refractivity contribution < 1.29 is 19.2 Å². The summed E-state index contributed by atoms with van der Waals surface area (Å²) in [5.74, 6) is 0.163. The third-order valence-corrected chi connectivity index (χ3v) is 5.29. The summed E-state index contributed by atoms with van der Waals surface area (Å²) in [5.41, 5.74) is 2.55. The van der Waals surface area contributed by atoms with Crippen molar-refractivity contribution in [2.75, 3.05) is 5.32 Å². The summed E-state index contributed by atoms with van der Waals surface area (Å²) < 4.78 is 5.81. The van der Waals surface area contributed by atoms with Gasteiger partial charge in [0.25, 0.3) is 11.6 Å². The summed E-state index contributed by atoms with van der Waals surface area (Å²) >= 11 is 0. The smallest absolute Gasteiger partial charge is 0.319 e. The summed E-state index contributed by atoms with van der Waals surface area (Å²) in [6.07, 6.45) is 0. The Morgan fingerprint density at radius 3 is 2.50 bits per heavy atom. The molecule has 1 aliphatic rings. The van der Waals surface area contributed by atoms with Crippen molar-refractivity contribution in [3.05, 3.63) is 111 Å². The number of carbonyl (C=O) groups is 2. The predicted molar refractivity (Wildman–Crippen MR) is 126 cm³/mol. The largest absolute Gasteiger partial charge is 0.489 e. The number of rotatable bonds is 7. The Morgan fingerprint density at radius 2 is 1.79 bits per heavy atom. The molecule has 0 spiro atoms. The van der Waals surface area contributed by atoms with E-state index in [0.29, 0.717) is 29.2 Å². The van der Waals surface area contributed by atoms with Crippen molar-refractivity contribution in [2.24, 2.45) is 0 Å². The molecule has 3 aromatic rings. The van der Waals surface area contributed by atoms with E-state index in [2.05, 4.69) is 16.0 Å². The number of anilines is 1. The van der Waals surface area contributed by atoms with Crippen LogP contribution in [0.5, 0.6) is 5.75 Å². The lowest BCUT2D eigenvalue weighted by atomic mass is 9.94. The number of carbonyl (C=O) groups excluding carboxylic acids is 2. The molecule has 9 heteroatoms. The molecule has 0 bridgehead atoms. The second kappa shape index (κ2) is 9.86. The zero-order chi connectivity index (χ0) is 24.1. The summed E-state index contributed by atoms with van der Waals surface area (Å²) in [5, 5.41) is 19.1. The van der Waals surface area contributed by atoms with Crippen LogP contribution in [0.3, 0.4) is 0 Å². The van der Waals surface area contributed by atoms with Gasteiger partial charge in [0.1, 0.15) is 12.4 Å². The third-order valence-electron chi connectivity index (χ3n) is 5.29. The monoisotopic (exact) mass is 458 g/mol. The Morgan fingerprint density at radius 1 is 1.06 bits per heavy atom. The highest BCUT2D eigenvalue weighted by Crippen LogP contribution is 2.29. The Labute approximate surface area is 195 Å². The van der Waals surface area contributed by atoms with Crippen LogP contribution in [0.25, 0.3) is 0 Å². The Hall–Kier alpha value is -4.66.